The van der Waals surface area contributed by atoms with Crippen LogP contribution in [0.15, 0.2) is 10.6 Å². The number of hydrogen-bond donors (Lipinski definition) is 1. The topological polar surface area (TPSA) is 75.4 Å². The second kappa shape index (κ2) is 4.92. The second-order valence-electron chi connectivity index (χ2n) is 5.78. The molecule has 2 aliphatic rings. The molecule has 1 aliphatic carbocycles. The van der Waals surface area contributed by atoms with Crippen LogP contribution in [0.2, 0.25) is 0 Å². The molecular weight excluding hydrogens is 258 g/mol. The molecule has 1 spiro atoms. The van der Waals surface area contributed by atoms with Crippen molar-refractivity contribution in [2.24, 2.45) is 0 Å². The first-order valence-corrected chi connectivity index (χ1v) is 7.12. The van der Waals surface area contributed by atoms with E-state index >= 15 is 0 Å². The average molecular weight is 277 g/mol. The molecule has 6 nitrogen and oxygen atoms in total. The van der Waals surface area contributed by atoms with Gasteiger partial charge in [0.25, 0.3) is 0 Å². The minimum Gasteiger partial charge on any atom is -0.361 e. The molecule has 0 bridgehead atoms. The molecule has 1 aliphatic heterocycles. The van der Waals surface area contributed by atoms with Gasteiger partial charge in [-0.2, -0.15) is 0 Å². The van der Waals surface area contributed by atoms with Gasteiger partial charge in [-0.05, 0) is 19.8 Å². The minimum atomic E-state index is -0.674. The smallest absolute Gasteiger partial charge is 0.249 e. The lowest BCUT2D eigenvalue weighted by molar-refractivity contribution is -0.152. The number of carbonyl (C=O) groups excluding carboxylic acids is 2. The monoisotopic (exact) mass is 277 g/mol. The fourth-order valence-corrected chi connectivity index (χ4v) is 3.22. The zero-order chi connectivity index (χ0) is 14.2. The summed E-state index contributed by atoms with van der Waals surface area (Å²) in [5, 5.41) is 6.83. The summed E-state index contributed by atoms with van der Waals surface area (Å²) in [6.45, 7) is 2.25. The van der Waals surface area contributed by atoms with Gasteiger partial charge in [0.15, 0.2) is 0 Å². The quantitative estimate of drug-likeness (QED) is 0.879. The number of carbonyl (C=O) groups is 2. The second-order valence-corrected chi connectivity index (χ2v) is 5.78. The molecular formula is C14H19N3O3. The molecule has 0 unspecified atom stereocenters. The lowest BCUT2D eigenvalue weighted by Crippen LogP contribution is -2.66. The Kier molecular flexibility index (Phi) is 3.23. The van der Waals surface area contributed by atoms with E-state index in [9.17, 15) is 9.59 Å². The predicted octanol–water partition coefficient (Wildman–Crippen LogP) is 1.14. The Morgan fingerprint density at radius 2 is 2.10 bits per heavy atom. The van der Waals surface area contributed by atoms with Crippen LogP contribution in [0.3, 0.4) is 0 Å². The van der Waals surface area contributed by atoms with Crippen molar-refractivity contribution < 1.29 is 14.1 Å². The Labute approximate surface area is 117 Å². The van der Waals surface area contributed by atoms with E-state index in [4.69, 9.17) is 4.52 Å². The third kappa shape index (κ3) is 2.30. The zero-order valence-electron chi connectivity index (χ0n) is 11.6. The van der Waals surface area contributed by atoms with E-state index in [1.807, 2.05) is 6.92 Å². The van der Waals surface area contributed by atoms with Crippen LogP contribution in [-0.4, -0.2) is 34.0 Å². The van der Waals surface area contributed by atoms with Crippen molar-refractivity contribution in [1.29, 1.82) is 0 Å². The summed E-state index contributed by atoms with van der Waals surface area (Å²) in [6, 6.07) is 1.80. The summed E-state index contributed by atoms with van der Waals surface area (Å²) in [5.74, 6) is 0.658. The summed E-state index contributed by atoms with van der Waals surface area (Å²) in [6.07, 6.45) is 4.59. The van der Waals surface area contributed by atoms with Gasteiger partial charge in [0, 0.05) is 6.07 Å². The van der Waals surface area contributed by atoms with Gasteiger partial charge in [0.1, 0.15) is 23.5 Å². The Morgan fingerprint density at radius 3 is 2.75 bits per heavy atom. The van der Waals surface area contributed by atoms with Crippen molar-refractivity contribution in [2.75, 3.05) is 6.54 Å². The number of piperazine rings is 1. The molecule has 1 aromatic rings. The highest BCUT2D eigenvalue weighted by Crippen LogP contribution is 2.32. The van der Waals surface area contributed by atoms with Crippen LogP contribution in [0, 0.1) is 6.92 Å². The van der Waals surface area contributed by atoms with Gasteiger partial charge in [-0.25, -0.2) is 0 Å². The Balaban J connectivity index is 1.80. The molecule has 2 amide bonds. The van der Waals surface area contributed by atoms with E-state index < -0.39 is 5.54 Å². The first-order valence-electron chi connectivity index (χ1n) is 7.12. The van der Waals surface area contributed by atoms with Crippen LogP contribution in [0.25, 0.3) is 0 Å². The molecule has 0 aromatic carbocycles. The van der Waals surface area contributed by atoms with E-state index in [2.05, 4.69) is 10.5 Å². The van der Waals surface area contributed by atoms with E-state index in [1.54, 1.807) is 11.0 Å². The summed E-state index contributed by atoms with van der Waals surface area (Å²) < 4.78 is 5.02. The average Bonchev–Trinajstić information content (AvgIpc) is 2.82. The highest BCUT2D eigenvalue weighted by atomic mass is 16.5. The number of amides is 2. The number of nitrogens with one attached hydrogen (secondary N) is 1. The standard InChI is InChI=1S/C14H19N3O3/c1-10-7-11(16-20-10)8-17-9-12(18)15-14(13(17)19)5-3-2-4-6-14/h7H,2-6,8-9H2,1H3,(H,15,18). The fraction of sp³-hybridized carbons (Fsp3) is 0.643. The van der Waals surface area contributed by atoms with Gasteiger partial charge in [-0.3, -0.25) is 9.59 Å². The summed E-state index contributed by atoms with van der Waals surface area (Å²) in [5.41, 5.74) is 0.0170. The van der Waals surface area contributed by atoms with Gasteiger partial charge in [-0.15, -0.1) is 0 Å². The molecule has 3 rings (SSSR count). The molecule has 2 heterocycles. The minimum absolute atomic E-state index is 0.0254. The zero-order valence-corrected chi connectivity index (χ0v) is 11.6. The molecule has 108 valence electrons. The first kappa shape index (κ1) is 13.1. The van der Waals surface area contributed by atoms with Crippen LogP contribution in [0.1, 0.15) is 43.6 Å². The maximum atomic E-state index is 12.7. The van der Waals surface area contributed by atoms with Crippen molar-refractivity contribution in [2.45, 2.75) is 51.1 Å². The Bertz CT molecular complexity index is 532. The van der Waals surface area contributed by atoms with E-state index in [0.29, 0.717) is 18.0 Å². The van der Waals surface area contributed by atoms with Crippen LogP contribution >= 0.6 is 0 Å². The molecule has 20 heavy (non-hydrogen) atoms. The fourth-order valence-electron chi connectivity index (χ4n) is 3.22. The number of aryl methyl sites for hydroxylation is 1. The SMILES string of the molecule is Cc1cc(CN2CC(=O)NC3(CCCCC3)C2=O)no1. The van der Waals surface area contributed by atoms with Gasteiger partial charge >= 0.3 is 0 Å². The molecule has 1 saturated carbocycles. The van der Waals surface area contributed by atoms with Crippen molar-refractivity contribution >= 4 is 11.8 Å². The van der Waals surface area contributed by atoms with Gasteiger partial charge in [-0.1, -0.05) is 24.4 Å². The van der Waals surface area contributed by atoms with Crippen LogP contribution in [-0.2, 0) is 16.1 Å². The normalized spacial score (nSPS) is 22.1. The number of aromatic nitrogens is 1. The third-order valence-corrected chi connectivity index (χ3v) is 4.15. The lowest BCUT2D eigenvalue weighted by atomic mass is 9.79. The maximum absolute atomic E-state index is 12.7. The van der Waals surface area contributed by atoms with Crippen molar-refractivity contribution in [3.8, 4) is 0 Å². The molecule has 0 radical (unpaired) electrons. The van der Waals surface area contributed by atoms with Gasteiger partial charge < -0.3 is 14.7 Å². The predicted molar refractivity (Wildman–Crippen MR) is 70.6 cm³/mol. The Hall–Kier alpha value is -1.85. The highest BCUT2D eigenvalue weighted by Gasteiger charge is 2.47. The van der Waals surface area contributed by atoms with E-state index in [-0.39, 0.29) is 18.4 Å². The number of rotatable bonds is 2. The van der Waals surface area contributed by atoms with Gasteiger partial charge in [0.05, 0.1) is 6.54 Å². The van der Waals surface area contributed by atoms with Gasteiger partial charge in [0.2, 0.25) is 11.8 Å². The van der Waals surface area contributed by atoms with Crippen molar-refractivity contribution in [3.05, 3.63) is 17.5 Å². The van der Waals surface area contributed by atoms with Crippen LogP contribution in [0.4, 0.5) is 0 Å². The molecule has 1 aromatic heterocycles. The molecule has 2 fully saturated rings. The molecule has 1 N–H and O–H groups in total. The highest BCUT2D eigenvalue weighted by molar-refractivity contribution is 5.98. The molecule has 0 atom stereocenters. The largest absolute Gasteiger partial charge is 0.361 e. The maximum Gasteiger partial charge on any atom is 0.249 e. The van der Waals surface area contributed by atoms with Crippen molar-refractivity contribution in [1.82, 2.24) is 15.4 Å². The number of hydrogen-bond acceptors (Lipinski definition) is 4. The van der Waals surface area contributed by atoms with Crippen LogP contribution < -0.4 is 5.32 Å². The third-order valence-electron chi connectivity index (χ3n) is 4.15. The molecule has 6 heteroatoms. The van der Waals surface area contributed by atoms with E-state index in [1.165, 1.54) is 0 Å². The summed E-state index contributed by atoms with van der Waals surface area (Å²) >= 11 is 0. The number of nitrogens with zero attached hydrogens (tertiary/aromatic N) is 2. The first-order chi connectivity index (χ1) is 9.59. The van der Waals surface area contributed by atoms with Crippen molar-refractivity contribution in [3.63, 3.8) is 0 Å². The summed E-state index contributed by atoms with van der Waals surface area (Å²) in [4.78, 5) is 26.2. The van der Waals surface area contributed by atoms with E-state index in [0.717, 1.165) is 32.1 Å². The Morgan fingerprint density at radius 1 is 1.35 bits per heavy atom. The lowest BCUT2D eigenvalue weighted by Gasteiger charge is -2.43. The molecule has 1 saturated heterocycles. The van der Waals surface area contributed by atoms with Crippen LogP contribution in [0.5, 0.6) is 0 Å². The summed E-state index contributed by atoms with van der Waals surface area (Å²) in [7, 11) is 0.